The van der Waals surface area contributed by atoms with Gasteiger partial charge in [0.05, 0.1) is 13.2 Å². The molecule has 1 rings (SSSR count). The molecule has 0 bridgehead atoms. The van der Waals surface area contributed by atoms with E-state index in [2.05, 4.69) is 16.6 Å². The Balaban J connectivity index is 2.82. The Morgan fingerprint density at radius 1 is 1.47 bits per heavy atom. The monoisotopic (exact) mass is 239 g/mol. The number of nitrogens with zero attached hydrogens (tertiary/aromatic N) is 1. The molecule has 0 aromatic carbocycles. The lowest BCUT2D eigenvalue weighted by Crippen LogP contribution is -2.49. The molecule has 2 unspecified atom stereocenters. The summed E-state index contributed by atoms with van der Waals surface area (Å²) in [6, 6.07) is -1.40. The maximum Gasteiger partial charge on any atom is 0.384 e. The molecule has 17 heavy (non-hydrogen) atoms. The fraction of sp³-hybridized carbons (Fsp3) is 0.545. The number of carbonyl (C=O) groups is 3. The van der Waals surface area contributed by atoms with Gasteiger partial charge in [-0.1, -0.05) is 5.92 Å². The van der Waals surface area contributed by atoms with Gasteiger partial charge < -0.3 is 14.7 Å². The van der Waals surface area contributed by atoms with Crippen LogP contribution < -0.4 is 0 Å². The van der Waals surface area contributed by atoms with Crippen LogP contribution in [0, 0.1) is 11.8 Å². The molecular formula is C11H13NO5. The lowest BCUT2D eigenvalue weighted by molar-refractivity contribution is -0.149. The van der Waals surface area contributed by atoms with Crippen molar-refractivity contribution in [3.8, 4) is 11.8 Å². The van der Waals surface area contributed by atoms with Crippen molar-refractivity contribution < 1.29 is 24.2 Å². The van der Waals surface area contributed by atoms with E-state index in [1.165, 1.54) is 7.11 Å². The highest BCUT2D eigenvalue weighted by Crippen LogP contribution is 2.21. The third-order valence-corrected chi connectivity index (χ3v) is 2.61. The van der Waals surface area contributed by atoms with Crippen LogP contribution in [0.25, 0.3) is 0 Å². The molecule has 0 aromatic rings. The number of methoxy groups -OCH3 is 1. The molecule has 1 aliphatic rings. The van der Waals surface area contributed by atoms with E-state index in [1.54, 1.807) is 0 Å². The molecule has 2 atom stereocenters. The number of aliphatic carboxylic acids is 1. The van der Waals surface area contributed by atoms with Crippen molar-refractivity contribution in [2.75, 3.05) is 7.11 Å². The SMILES string of the molecule is COC(=O)C#CC1CCCC(C(=O)O)N1C=O. The molecular weight excluding hydrogens is 226 g/mol. The Morgan fingerprint density at radius 3 is 2.71 bits per heavy atom. The Labute approximate surface area is 98.5 Å². The van der Waals surface area contributed by atoms with Crippen molar-refractivity contribution in [3.63, 3.8) is 0 Å². The van der Waals surface area contributed by atoms with Crippen LogP contribution in [0.3, 0.4) is 0 Å². The molecule has 6 heteroatoms. The average molecular weight is 239 g/mol. The van der Waals surface area contributed by atoms with Gasteiger partial charge in [-0.15, -0.1) is 0 Å². The smallest absolute Gasteiger partial charge is 0.384 e. The summed E-state index contributed by atoms with van der Waals surface area (Å²) in [5, 5.41) is 8.94. The maximum absolute atomic E-state index is 10.9. The van der Waals surface area contributed by atoms with E-state index in [1.807, 2.05) is 0 Å². The fourth-order valence-electron chi connectivity index (χ4n) is 1.76. The molecule has 0 spiro atoms. The largest absolute Gasteiger partial charge is 0.480 e. The molecule has 1 heterocycles. The van der Waals surface area contributed by atoms with Gasteiger partial charge in [0.2, 0.25) is 6.41 Å². The van der Waals surface area contributed by atoms with Gasteiger partial charge >= 0.3 is 11.9 Å². The van der Waals surface area contributed by atoms with Crippen molar-refractivity contribution in [1.29, 1.82) is 0 Å². The summed E-state index contributed by atoms with van der Waals surface area (Å²) in [6.07, 6.45) is 2.09. The Kier molecular flexibility index (Phi) is 4.52. The lowest BCUT2D eigenvalue weighted by Gasteiger charge is -2.34. The second-order valence-corrected chi connectivity index (χ2v) is 3.61. The zero-order chi connectivity index (χ0) is 12.8. The zero-order valence-corrected chi connectivity index (χ0v) is 9.38. The van der Waals surface area contributed by atoms with Gasteiger partial charge in [-0.25, -0.2) is 9.59 Å². The fourth-order valence-corrected chi connectivity index (χ4v) is 1.76. The van der Waals surface area contributed by atoms with E-state index in [9.17, 15) is 14.4 Å². The van der Waals surface area contributed by atoms with Crippen LogP contribution in [0.15, 0.2) is 0 Å². The summed E-state index contributed by atoms with van der Waals surface area (Å²) in [5.74, 6) is 3.03. The second-order valence-electron chi connectivity index (χ2n) is 3.61. The first kappa shape index (κ1) is 13.0. The first-order valence-electron chi connectivity index (χ1n) is 5.15. The number of likely N-dealkylation sites (tertiary alicyclic amines) is 1. The number of carbonyl (C=O) groups excluding carboxylic acids is 2. The Morgan fingerprint density at radius 2 is 2.18 bits per heavy atom. The predicted molar refractivity (Wildman–Crippen MR) is 56.8 cm³/mol. The van der Waals surface area contributed by atoms with Crippen molar-refractivity contribution in [1.82, 2.24) is 4.90 Å². The number of piperidine rings is 1. The Hall–Kier alpha value is -2.03. The highest BCUT2D eigenvalue weighted by atomic mass is 16.5. The molecule has 1 saturated heterocycles. The summed E-state index contributed by atoms with van der Waals surface area (Å²) >= 11 is 0. The number of amides is 1. The van der Waals surface area contributed by atoms with E-state index in [0.717, 1.165) is 4.90 Å². The van der Waals surface area contributed by atoms with Gasteiger partial charge in [-0.3, -0.25) is 4.79 Å². The van der Waals surface area contributed by atoms with Crippen molar-refractivity contribution in [2.45, 2.75) is 31.3 Å². The number of esters is 1. The van der Waals surface area contributed by atoms with Crippen LogP contribution in [-0.4, -0.2) is 47.5 Å². The van der Waals surface area contributed by atoms with Crippen molar-refractivity contribution in [2.24, 2.45) is 0 Å². The molecule has 6 nitrogen and oxygen atoms in total. The van der Waals surface area contributed by atoms with E-state index in [0.29, 0.717) is 25.7 Å². The molecule has 0 aromatic heterocycles. The first-order chi connectivity index (χ1) is 8.10. The van der Waals surface area contributed by atoms with Gasteiger partial charge in [0.1, 0.15) is 6.04 Å². The number of rotatable bonds is 2. The molecule has 1 fully saturated rings. The molecule has 1 amide bonds. The van der Waals surface area contributed by atoms with Crippen molar-refractivity contribution >= 4 is 18.3 Å². The van der Waals surface area contributed by atoms with Gasteiger partial charge in [0.25, 0.3) is 0 Å². The lowest BCUT2D eigenvalue weighted by atomic mass is 9.96. The molecule has 1 aliphatic heterocycles. The third-order valence-electron chi connectivity index (χ3n) is 2.61. The number of carboxylic acids is 1. The summed E-state index contributed by atoms with van der Waals surface area (Å²) < 4.78 is 4.35. The summed E-state index contributed by atoms with van der Waals surface area (Å²) in [7, 11) is 1.20. The highest BCUT2D eigenvalue weighted by Gasteiger charge is 2.33. The van der Waals surface area contributed by atoms with E-state index < -0.39 is 24.0 Å². The summed E-state index contributed by atoms with van der Waals surface area (Å²) in [6.45, 7) is 0. The number of hydrogen-bond donors (Lipinski definition) is 1. The minimum atomic E-state index is -1.05. The summed E-state index contributed by atoms with van der Waals surface area (Å²) in [4.78, 5) is 33.8. The third kappa shape index (κ3) is 3.21. The Bertz CT molecular complexity index is 381. The predicted octanol–water partition coefficient (Wildman–Crippen LogP) is -0.373. The standard InChI is InChI=1S/C11H13NO5/c1-17-10(14)6-5-8-3-2-4-9(11(15)16)12(8)7-13/h7-9H,2-4H2,1H3,(H,15,16). The van der Waals surface area contributed by atoms with Gasteiger partial charge in [-0.05, 0) is 19.3 Å². The quantitative estimate of drug-likeness (QED) is 0.307. The van der Waals surface area contributed by atoms with Crippen LogP contribution in [0.1, 0.15) is 19.3 Å². The molecule has 0 aliphatic carbocycles. The minimum absolute atomic E-state index is 0.407. The number of ether oxygens (including phenoxy) is 1. The van der Waals surface area contributed by atoms with Crippen LogP contribution in [0.5, 0.6) is 0 Å². The average Bonchev–Trinajstić information content (AvgIpc) is 2.34. The van der Waals surface area contributed by atoms with E-state index in [-0.39, 0.29) is 0 Å². The molecule has 1 N–H and O–H groups in total. The van der Waals surface area contributed by atoms with Gasteiger partial charge in [-0.2, -0.15) is 0 Å². The zero-order valence-electron chi connectivity index (χ0n) is 9.38. The molecule has 92 valence electrons. The topological polar surface area (TPSA) is 83.9 Å². The molecule has 0 saturated carbocycles. The van der Waals surface area contributed by atoms with Gasteiger partial charge in [0.15, 0.2) is 0 Å². The normalized spacial score (nSPS) is 23.2. The van der Waals surface area contributed by atoms with Crippen LogP contribution in [0.4, 0.5) is 0 Å². The number of carboxylic acid groups (broad SMARTS) is 1. The highest BCUT2D eigenvalue weighted by molar-refractivity contribution is 5.88. The maximum atomic E-state index is 10.9. The van der Waals surface area contributed by atoms with Crippen molar-refractivity contribution in [3.05, 3.63) is 0 Å². The van der Waals surface area contributed by atoms with Crippen LogP contribution in [-0.2, 0) is 19.1 Å². The second kappa shape index (κ2) is 5.89. The number of hydrogen-bond acceptors (Lipinski definition) is 4. The minimum Gasteiger partial charge on any atom is -0.480 e. The van der Waals surface area contributed by atoms with Crippen LogP contribution in [0.2, 0.25) is 0 Å². The molecule has 0 radical (unpaired) electrons. The first-order valence-corrected chi connectivity index (χ1v) is 5.15. The summed E-state index contributed by atoms with van der Waals surface area (Å²) in [5.41, 5.74) is 0. The van der Waals surface area contributed by atoms with Gasteiger partial charge in [0, 0.05) is 5.92 Å². The van der Waals surface area contributed by atoms with E-state index in [4.69, 9.17) is 5.11 Å². The van der Waals surface area contributed by atoms with Crippen LogP contribution >= 0.6 is 0 Å². The van der Waals surface area contributed by atoms with E-state index >= 15 is 0 Å².